The molecule has 0 amide bonds. The van der Waals surface area contributed by atoms with E-state index in [0.29, 0.717) is 23.7 Å². The van der Waals surface area contributed by atoms with E-state index in [0.717, 1.165) is 11.1 Å². The minimum Gasteiger partial charge on any atom is -0.310 e. The van der Waals surface area contributed by atoms with Crippen molar-refractivity contribution in [2.45, 2.75) is 33.4 Å². The van der Waals surface area contributed by atoms with Crippen molar-refractivity contribution in [3.8, 4) is 11.1 Å². The summed E-state index contributed by atoms with van der Waals surface area (Å²) in [6.45, 7) is 6.25. The quantitative estimate of drug-likeness (QED) is 0.870. The van der Waals surface area contributed by atoms with Crippen LogP contribution in [-0.4, -0.2) is 6.04 Å². The van der Waals surface area contributed by atoms with Gasteiger partial charge in [0.1, 0.15) is 11.6 Å². The molecule has 0 fully saturated rings. The third-order valence-electron chi connectivity index (χ3n) is 3.24. The zero-order valence-electron chi connectivity index (χ0n) is 12.0. The highest BCUT2D eigenvalue weighted by Gasteiger charge is 2.07. The van der Waals surface area contributed by atoms with Crippen LogP contribution in [0.15, 0.2) is 36.4 Å². The molecule has 1 nitrogen and oxygen atoms in total. The number of aryl methyl sites for hydroxylation is 1. The number of nitrogens with one attached hydrogen (secondary N) is 1. The molecule has 2 aromatic carbocycles. The molecule has 0 aliphatic carbocycles. The average Bonchev–Trinajstić information content (AvgIpc) is 2.41. The first-order chi connectivity index (χ1) is 9.47. The smallest absolute Gasteiger partial charge is 0.127 e. The minimum absolute atomic E-state index is 0.222. The third kappa shape index (κ3) is 3.42. The molecule has 3 heteroatoms. The van der Waals surface area contributed by atoms with E-state index in [1.807, 2.05) is 19.9 Å². The van der Waals surface area contributed by atoms with E-state index in [1.165, 1.54) is 12.1 Å². The monoisotopic (exact) mass is 275 g/mol. The van der Waals surface area contributed by atoms with E-state index in [4.69, 9.17) is 0 Å². The molecule has 0 atom stereocenters. The van der Waals surface area contributed by atoms with Crippen LogP contribution in [0, 0.1) is 18.6 Å². The first-order valence-corrected chi connectivity index (χ1v) is 6.75. The second-order valence-corrected chi connectivity index (χ2v) is 5.31. The maximum atomic E-state index is 13.8. The van der Waals surface area contributed by atoms with E-state index in [9.17, 15) is 8.78 Å². The largest absolute Gasteiger partial charge is 0.310 e. The Morgan fingerprint density at radius 2 is 1.55 bits per heavy atom. The molecule has 0 bridgehead atoms. The van der Waals surface area contributed by atoms with Gasteiger partial charge in [-0.15, -0.1) is 0 Å². The summed E-state index contributed by atoms with van der Waals surface area (Å²) in [4.78, 5) is 0. The van der Waals surface area contributed by atoms with Gasteiger partial charge in [0, 0.05) is 18.2 Å². The number of hydrogen-bond donors (Lipinski definition) is 1. The Bertz CT molecular complexity index is 606. The fourth-order valence-electron chi connectivity index (χ4n) is 2.03. The van der Waals surface area contributed by atoms with Gasteiger partial charge in [-0.1, -0.05) is 26.0 Å². The van der Waals surface area contributed by atoms with Crippen LogP contribution < -0.4 is 5.32 Å². The van der Waals surface area contributed by atoms with Crippen LogP contribution in [0.2, 0.25) is 0 Å². The molecule has 2 rings (SSSR count). The SMILES string of the molecule is Cc1cc(-c2ccc(F)c(CNC(C)C)c2)ccc1F. The second-order valence-electron chi connectivity index (χ2n) is 5.31. The van der Waals surface area contributed by atoms with Gasteiger partial charge in [-0.3, -0.25) is 0 Å². The summed E-state index contributed by atoms with van der Waals surface area (Å²) in [7, 11) is 0. The Morgan fingerprint density at radius 3 is 2.15 bits per heavy atom. The van der Waals surface area contributed by atoms with Gasteiger partial charge >= 0.3 is 0 Å². The molecule has 0 heterocycles. The molecule has 0 radical (unpaired) electrons. The summed E-state index contributed by atoms with van der Waals surface area (Å²) in [5.74, 6) is -0.446. The van der Waals surface area contributed by atoms with Crippen LogP contribution in [0.3, 0.4) is 0 Å². The zero-order chi connectivity index (χ0) is 14.7. The predicted octanol–water partition coefficient (Wildman–Crippen LogP) is 4.44. The normalized spacial score (nSPS) is 11.1. The molecule has 0 aliphatic rings. The van der Waals surface area contributed by atoms with Crippen LogP contribution in [0.1, 0.15) is 25.0 Å². The van der Waals surface area contributed by atoms with Crippen LogP contribution in [0.25, 0.3) is 11.1 Å². The Morgan fingerprint density at radius 1 is 0.950 bits per heavy atom. The predicted molar refractivity (Wildman–Crippen MR) is 78.5 cm³/mol. The fourth-order valence-corrected chi connectivity index (χ4v) is 2.03. The summed E-state index contributed by atoms with van der Waals surface area (Å²) in [6, 6.07) is 10.2. The van der Waals surface area contributed by atoms with E-state index in [-0.39, 0.29) is 11.6 Å². The molecule has 20 heavy (non-hydrogen) atoms. The summed E-state index contributed by atoms with van der Waals surface area (Å²) in [6.07, 6.45) is 0. The molecule has 0 saturated carbocycles. The molecule has 0 unspecified atom stereocenters. The van der Waals surface area contributed by atoms with Gasteiger partial charge in [-0.05, 0) is 47.9 Å². The zero-order valence-corrected chi connectivity index (χ0v) is 12.0. The number of rotatable bonds is 4. The Balaban J connectivity index is 2.32. The summed E-state index contributed by atoms with van der Waals surface area (Å²) >= 11 is 0. The number of benzene rings is 2. The summed E-state index contributed by atoms with van der Waals surface area (Å²) in [5, 5.41) is 3.20. The van der Waals surface area contributed by atoms with E-state index < -0.39 is 0 Å². The summed E-state index contributed by atoms with van der Waals surface area (Å²) < 4.78 is 27.1. The second kappa shape index (κ2) is 6.14. The van der Waals surface area contributed by atoms with E-state index >= 15 is 0 Å². The van der Waals surface area contributed by atoms with Crippen molar-refractivity contribution in [1.82, 2.24) is 5.32 Å². The Labute approximate surface area is 118 Å². The summed E-state index contributed by atoms with van der Waals surface area (Å²) in [5.41, 5.74) is 3.01. The van der Waals surface area contributed by atoms with Gasteiger partial charge in [-0.25, -0.2) is 8.78 Å². The molecule has 1 N–H and O–H groups in total. The minimum atomic E-state index is -0.224. The lowest BCUT2D eigenvalue weighted by Gasteiger charge is -2.11. The first-order valence-electron chi connectivity index (χ1n) is 6.75. The molecule has 0 saturated heterocycles. The lowest BCUT2D eigenvalue weighted by Crippen LogP contribution is -2.22. The lowest BCUT2D eigenvalue weighted by molar-refractivity contribution is 0.553. The van der Waals surface area contributed by atoms with Gasteiger partial charge in [0.15, 0.2) is 0 Å². The van der Waals surface area contributed by atoms with Crippen LogP contribution in [-0.2, 0) is 6.54 Å². The van der Waals surface area contributed by atoms with Crippen LogP contribution in [0.4, 0.5) is 8.78 Å². The number of hydrogen-bond acceptors (Lipinski definition) is 1. The number of halogens is 2. The molecule has 0 aromatic heterocycles. The van der Waals surface area contributed by atoms with Crippen molar-refractivity contribution in [3.05, 3.63) is 59.2 Å². The maximum absolute atomic E-state index is 13.8. The van der Waals surface area contributed by atoms with Gasteiger partial charge in [0.2, 0.25) is 0 Å². The average molecular weight is 275 g/mol. The van der Waals surface area contributed by atoms with Crippen molar-refractivity contribution >= 4 is 0 Å². The highest BCUT2D eigenvalue weighted by atomic mass is 19.1. The van der Waals surface area contributed by atoms with Gasteiger partial charge in [-0.2, -0.15) is 0 Å². The fraction of sp³-hybridized carbons (Fsp3) is 0.294. The van der Waals surface area contributed by atoms with Gasteiger partial charge in [0.05, 0.1) is 0 Å². The lowest BCUT2D eigenvalue weighted by atomic mass is 10.0. The molecule has 0 aliphatic heterocycles. The van der Waals surface area contributed by atoms with Crippen molar-refractivity contribution in [2.75, 3.05) is 0 Å². The van der Waals surface area contributed by atoms with Crippen molar-refractivity contribution in [3.63, 3.8) is 0 Å². The van der Waals surface area contributed by atoms with E-state index in [2.05, 4.69) is 5.32 Å². The van der Waals surface area contributed by atoms with Crippen molar-refractivity contribution < 1.29 is 8.78 Å². The maximum Gasteiger partial charge on any atom is 0.127 e. The van der Waals surface area contributed by atoms with E-state index in [1.54, 1.807) is 25.1 Å². The Kier molecular flexibility index (Phi) is 4.50. The molecular weight excluding hydrogens is 256 g/mol. The van der Waals surface area contributed by atoms with Gasteiger partial charge < -0.3 is 5.32 Å². The van der Waals surface area contributed by atoms with Crippen molar-refractivity contribution in [2.24, 2.45) is 0 Å². The van der Waals surface area contributed by atoms with Crippen LogP contribution >= 0.6 is 0 Å². The highest BCUT2D eigenvalue weighted by molar-refractivity contribution is 5.65. The molecule has 106 valence electrons. The van der Waals surface area contributed by atoms with Crippen molar-refractivity contribution in [1.29, 1.82) is 0 Å². The third-order valence-corrected chi connectivity index (χ3v) is 3.24. The molecular formula is C17H19F2N. The van der Waals surface area contributed by atoms with Crippen LogP contribution in [0.5, 0.6) is 0 Å². The van der Waals surface area contributed by atoms with Gasteiger partial charge in [0.25, 0.3) is 0 Å². The Hall–Kier alpha value is -1.74. The topological polar surface area (TPSA) is 12.0 Å². The highest BCUT2D eigenvalue weighted by Crippen LogP contribution is 2.24. The molecule has 2 aromatic rings. The standard InChI is InChI=1S/C17H19F2N/c1-11(2)20-10-15-9-14(5-7-17(15)19)13-4-6-16(18)12(3)8-13/h4-9,11,20H,10H2,1-3H3. The first kappa shape index (κ1) is 14.7. The molecule has 0 spiro atoms.